The molecule has 0 atom stereocenters. The molecule has 1 aliphatic carbocycles. The lowest BCUT2D eigenvalue weighted by atomic mass is 9.80. The second-order valence-corrected chi connectivity index (χ2v) is 6.04. The molecule has 0 radical (unpaired) electrons. The number of benzene rings is 1. The zero-order valence-electron chi connectivity index (χ0n) is 12.6. The number of aryl methyl sites for hydroxylation is 1. The number of alkyl halides is 1. The van der Waals surface area contributed by atoms with Gasteiger partial charge in [-0.05, 0) is 56.2 Å². The molecule has 116 valence electrons. The molecular weight excluding hydrogens is 286 g/mol. The van der Waals surface area contributed by atoms with Crippen LogP contribution in [0.15, 0.2) is 24.3 Å². The molecule has 1 amide bonds. The van der Waals surface area contributed by atoms with Crippen LogP contribution in [-0.4, -0.2) is 24.5 Å². The number of carbonyl (C=O) groups excluding carboxylic acids is 1. The Labute approximate surface area is 132 Å². The number of ether oxygens (including phenoxy) is 1. The standard InChI is InChI=1S/C17H24ClNO2/c1-2-21-16-10-14(11-16)12-17(20)19-15-7-3-5-13(9-15)6-4-8-18/h3,5,7,9,14,16H,2,4,6,8,10-12H2,1H3,(H,19,20). The van der Waals surface area contributed by atoms with E-state index in [0.717, 1.165) is 38.0 Å². The Bertz CT molecular complexity index is 458. The molecule has 2 rings (SSSR count). The van der Waals surface area contributed by atoms with E-state index in [0.29, 0.717) is 24.3 Å². The molecule has 21 heavy (non-hydrogen) atoms. The Hall–Kier alpha value is -1.06. The lowest BCUT2D eigenvalue weighted by Crippen LogP contribution is -2.33. The molecule has 1 N–H and O–H groups in total. The fourth-order valence-corrected chi connectivity index (χ4v) is 2.90. The highest BCUT2D eigenvalue weighted by atomic mass is 35.5. The summed E-state index contributed by atoms with van der Waals surface area (Å²) in [6.45, 7) is 2.77. The number of anilines is 1. The van der Waals surface area contributed by atoms with Crippen molar-refractivity contribution in [2.75, 3.05) is 17.8 Å². The Kier molecular flexibility index (Phi) is 6.52. The maximum absolute atomic E-state index is 12.0. The minimum absolute atomic E-state index is 0.101. The van der Waals surface area contributed by atoms with E-state index in [4.69, 9.17) is 16.3 Å². The minimum atomic E-state index is 0.101. The molecule has 0 spiro atoms. The van der Waals surface area contributed by atoms with Gasteiger partial charge in [-0.25, -0.2) is 0 Å². The summed E-state index contributed by atoms with van der Waals surface area (Å²) in [5.74, 6) is 1.24. The highest BCUT2D eigenvalue weighted by Gasteiger charge is 2.30. The van der Waals surface area contributed by atoms with Crippen molar-refractivity contribution in [2.24, 2.45) is 5.92 Å². The summed E-state index contributed by atoms with van der Waals surface area (Å²) in [4.78, 5) is 12.0. The maximum Gasteiger partial charge on any atom is 0.224 e. The predicted molar refractivity (Wildman–Crippen MR) is 86.9 cm³/mol. The van der Waals surface area contributed by atoms with Crippen molar-refractivity contribution in [3.8, 4) is 0 Å². The van der Waals surface area contributed by atoms with E-state index in [-0.39, 0.29) is 5.91 Å². The highest BCUT2D eigenvalue weighted by Crippen LogP contribution is 2.32. The van der Waals surface area contributed by atoms with E-state index < -0.39 is 0 Å². The molecular formula is C17H24ClNO2. The van der Waals surface area contributed by atoms with Gasteiger partial charge in [-0.2, -0.15) is 0 Å². The smallest absolute Gasteiger partial charge is 0.224 e. The van der Waals surface area contributed by atoms with Gasteiger partial charge in [-0.15, -0.1) is 11.6 Å². The average Bonchev–Trinajstić information content (AvgIpc) is 2.43. The van der Waals surface area contributed by atoms with Crippen LogP contribution >= 0.6 is 11.6 Å². The van der Waals surface area contributed by atoms with Crippen molar-refractivity contribution >= 4 is 23.2 Å². The van der Waals surface area contributed by atoms with Crippen molar-refractivity contribution in [1.82, 2.24) is 0 Å². The molecule has 1 aromatic carbocycles. The number of hydrogen-bond acceptors (Lipinski definition) is 2. The third kappa shape index (κ3) is 5.33. The third-order valence-corrected chi connectivity index (χ3v) is 4.15. The van der Waals surface area contributed by atoms with Gasteiger partial charge in [-0.3, -0.25) is 4.79 Å². The number of carbonyl (C=O) groups is 1. The molecule has 0 aromatic heterocycles. The second kappa shape index (κ2) is 8.40. The zero-order valence-corrected chi connectivity index (χ0v) is 13.4. The first-order valence-electron chi connectivity index (χ1n) is 7.77. The van der Waals surface area contributed by atoms with Crippen LogP contribution in [0, 0.1) is 5.92 Å². The molecule has 0 saturated heterocycles. The average molecular weight is 310 g/mol. The topological polar surface area (TPSA) is 38.3 Å². The van der Waals surface area contributed by atoms with Crippen LogP contribution in [0.1, 0.15) is 38.2 Å². The molecule has 0 bridgehead atoms. The highest BCUT2D eigenvalue weighted by molar-refractivity contribution is 6.17. The maximum atomic E-state index is 12.0. The van der Waals surface area contributed by atoms with Gasteiger partial charge in [-0.1, -0.05) is 12.1 Å². The van der Waals surface area contributed by atoms with Crippen LogP contribution in [0.4, 0.5) is 5.69 Å². The summed E-state index contributed by atoms with van der Waals surface area (Å²) < 4.78 is 5.52. The quantitative estimate of drug-likeness (QED) is 0.737. The summed E-state index contributed by atoms with van der Waals surface area (Å²) in [7, 11) is 0. The van der Waals surface area contributed by atoms with Gasteiger partial charge in [0.25, 0.3) is 0 Å². The monoisotopic (exact) mass is 309 g/mol. The van der Waals surface area contributed by atoms with Crippen LogP contribution in [-0.2, 0) is 16.0 Å². The molecule has 1 saturated carbocycles. The second-order valence-electron chi connectivity index (χ2n) is 5.66. The third-order valence-electron chi connectivity index (χ3n) is 3.88. The van der Waals surface area contributed by atoms with Crippen molar-refractivity contribution in [3.63, 3.8) is 0 Å². The Balaban J connectivity index is 1.75. The van der Waals surface area contributed by atoms with Crippen LogP contribution in [0.5, 0.6) is 0 Å². The van der Waals surface area contributed by atoms with Crippen LogP contribution in [0.3, 0.4) is 0 Å². The van der Waals surface area contributed by atoms with Crippen LogP contribution in [0.25, 0.3) is 0 Å². The largest absolute Gasteiger partial charge is 0.378 e. The van der Waals surface area contributed by atoms with Crippen LogP contribution < -0.4 is 5.32 Å². The lowest BCUT2D eigenvalue weighted by Gasteiger charge is -2.34. The van der Waals surface area contributed by atoms with Gasteiger partial charge >= 0.3 is 0 Å². The molecule has 0 heterocycles. The van der Waals surface area contributed by atoms with E-state index in [9.17, 15) is 4.79 Å². The molecule has 0 aliphatic heterocycles. The van der Waals surface area contributed by atoms with Gasteiger partial charge in [0, 0.05) is 24.6 Å². The Morgan fingerprint density at radius 3 is 2.95 bits per heavy atom. The van der Waals surface area contributed by atoms with Crippen molar-refractivity contribution in [2.45, 2.75) is 45.1 Å². The Morgan fingerprint density at radius 1 is 1.43 bits per heavy atom. The lowest BCUT2D eigenvalue weighted by molar-refractivity contribution is -0.119. The summed E-state index contributed by atoms with van der Waals surface area (Å²) in [5, 5.41) is 2.99. The fourth-order valence-electron chi connectivity index (χ4n) is 2.76. The van der Waals surface area contributed by atoms with Crippen molar-refractivity contribution in [1.29, 1.82) is 0 Å². The van der Waals surface area contributed by atoms with Gasteiger partial charge in [0.05, 0.1) is 6.10 Å². The predicted octanol–water partition coefficient (Wildman–Crippen LogP) is 4.00. The molecule has 0 unspecified atom stereocenters. The SMILES string of the molecule is CCOC1CC(CC(=O)Nc2cccc(CCCCl)c2)C1. The normalized spacial score (nSPS) is 20.9. The number of halogens is 1. The van der Waals surface area contributed by atoms with Crippen molar-refractivity contribution in [3.05, 3.63) is 29.8 Å². The van der Waals surface area contributed by atoms with Crippen LogP contribution in [0.2, 0.25) is 0 Å². The molecule has 3 nitrogen and oxygen atoms in total. The Morgan fingerprint density at radius 2 is 2.24 bits per heavy atom. The minimum Gasteiger partial charge on any atom is -0.378 e. The first-order chi connectivity index (χ1) is 10.2. The van der Waals surface area contributed by atoms with E-state index in [1.54, 1.807) is 0 Å². The summed E-state index contributed by atoms with van der Waals surface area (Å²) in [6.07, 6.45) is 4.89. The summed E-state index contributed by atoms with van der Waals surface area (Å²) in [6, 6.07) is 8.02. The zero-order chi connectivity index (χ0) is 15.1. The van der Waals surface area contributed by atoms with E-state index in [1.165, 1.54) is 5.56 Å². The van der Waals surface area contributed by atoms with Gasteiger partial charge in [0.1, 0.15) is 0 Å². The molecule has 1 aromatic rings. The van der Waals surface area contributed by atoms with Gasteiger partial charge in [0.15, 0.2) is 0 Å². The summed E-state index contributed by atoms with van der Waals surface area (Å²) in [5.41, 5.74) is 2.10. The first kappa shape index (κ1) is 16.3. The molecule has 1 fully saturated rings. The van der Waals surface area contributed by atoms with E-state index >= 15 is 0 Å². The first-order valence-corrected chi connectivity index (χ1v) is 8.31. The van der Waals surface area contributed by atoms with Crippen molar-refractivity contribution < 1.29 is 9.53 Å². The number of amides is 1. The van der Waals surface area contributed by atoms with Gasteiger partial charge < -0.3 is 10.1 Å². The molecule has 4 heteroatoms. The summed E-state index contributed by atoms with van der Waals surface area (Å²) >= 11 is 5.71. The number of nitrogens with one attached hydrogen (secondary N) is 1. The number of hydrogen-bond donors (Lipinski definition) is 1. The molecule has 1 aliphatic rings. The van der Waals surface area contributed by atoms with E-state index in [1.807, 2.05) is 25.1 Å². The van der Waals surface area contributed by atoms with E-state index in [2.05, 4.69) is 11.4 Å². The number of rotatable bonds is 8. The fraction of sp³-hybridized carbons (Fsp3) is 0.588. The van der Waals surface area contributed by atoms with Gasteiger partial charge in [0.2, 0.25) is 5.91 Å².